The molecule has 138 valence electrons. The Bertz CT molecular complexity index is 759. The van der Waals surface area contributed by atoms with Crippen LogP contribution in [0.15, 0.2) is 34.9 Å². The molecule has 1 aromatic heterocycles. The molecule has 0 spiro atoms. The number of carbonyl (C=O) groups is 2. The maximum Gasteiger partial charge on any atom is 0.318 e. The van der Waals surface area contributed by atoms with E-state index >= 15 is 0 Å². The van der Waals surface area contributed by atoms with Gasteiger partial charge in [0.2, 0.25) is 5.91 Å². The fraction of sp³-hybridized carbons (Fsp3) is 0.444. The van der Waals surface area contributed by atoms with Gasteiger partial charge in [0.25, 0.3) is 5.89 Å². The van der Waals surface area contributed by atoms with Crippen molar-refractivity contribution >= 4 is 11.9 Å². The maximum absolute atomic E-state index is 12.4. The molecular formula is C18H23N5O3. The molecule has 1 fully saturated rings. The molecule has 1 saturated heterocycles. The average molecular weight is 357 g/mol. The van der Waals surface area contributed by atoms with Crippen LogP contribution in [0.4, 0.5) is 4.79 Å². The average Bonchev–Trinajstić information content (AvgIpc) is 3.31. The molecule has 0 radical (unpaired) electrons. The maximum atomic E-state index is 12.4. The third kappa shape index (κ3) is 4.01. The van der Waals surface area contributed by atoms with Crippen LogP contribution in [0, 0.1) is 0 Å². The van der Waals surface area contributed by atoms with Crippen LogP contribution in [0.25, 0.3) is 11.5 Å². The molecule has 1 aromatic carbocycles. The molecule has 0 unspecified atom stereocenters. The van der Waals surface area contributed by atoms with Crippen molar-refractivity contribution in [2.24, 2.45) is 0 Å². The predicted molar refractivity (Wildman–Crippen MR) is 95.3 cm³/mol. The number of likely N-dealkylation sites (N-methyl/N-ethyl adjacent to an activating group) is 1. The van der Waals surface area contributed by atoms with Gasteiger partial charge in [0.15, 0.2) is 5.82 Å². The molecule has 8 heteroatoms. The van der Waals surface area contributed by atoms with Crippen molar-refractivity contribution in [3.05, 3.63) is 36.2 Å². The third-order valence-corrected chi connectivity index (χ3v) is 4.35. The Morgan fingerprint density at radius 1 is 1.31 bits per heavy atom. The van der Waals surface area contributed by atoms with Gasteiger partial charge in [0.05, 0.1) is 0 Å². The summed E-state index contributed by atoms with van der Waals surface area (Å²) in [4.78, 5) is 32.0. The van der Waals surface area contributed by atoms with E-state index in [0.29, 0.717) is 37.6 Å². The van der Waals surface area contributed by atoms with Crippen LogP contribution in [-0.2, 0) is 11.2 Å². The molecule has 1 atom stereocenters. The normalized spacial score (nSPS) is 16.5. The van der Waals surface area contributed by atoms with Gasteiger partial charge in [-0.15, -0.1) is 0 Å². The lowest BCUT2D eigenvalue weighted by atomic mass is 10.2. The molecular weight excluding hydrogens is 334 g/mol. The van der Waals surface area contributed by atoms with E-state index in [2.05, 4.69) is 15.5 Å². The van der Waals surface area contributed by atoms with Crippen molar-refractivity contribution in [2.75, 3.05) is 27.2 Å². The number of carbonyl (C=O) groups excluding carboxylic acids is 2. The first-order chi connectivity index (χ1) is 12.6. The van der Waals surface area contributed by atoms with Crippen LogP contribution < -0.4 is 5.32 Å². The van der Waals surface area contributed by atoms with Gasteiger partial charge in [0.1, 0.15) is 6.04 Å². The van der Waals surface area contributed by atoms with E-state index in [9.17, 15) is 9.59 Å². The number of hydrogen-bond donors (Lipinski definition) is 1. The van der Waals surface area contributed by atoms with E-state index in [1.165, 1.54) is 4.90 Å². The highest BCUT2D eigenvalue weighted by Gasteiger charge is 2.34. The zero-order chi connectivity index (χ0) is 18.5. The summed E-state index contributed by atoms with van der Waals surface area (Å²) in [5.41, 5.74) is 0.859. The molecule has 8 nitrogen and oxygen atoms in total. The van der Waals surface area contributed by atoms with Crippen LogP contribution in [0.2, 0.25) is 0 Å². The second-order valence-electron chi connectivity index (χ2n) is 6.45. The summed E-state index contributed by atoms with van der Waals surface area (Å²) in [5, 5.41) is 6.78. The minimum Gasteiger partial charge on any atom is -0.347 e. The Balaban J connectivity index is 1.51. The molecule has 3 rings (SSSR count). The fourth-order valence-corrected chi connectivity index (χ4v) is 3.00. The summed E-state index contributed by atoms with van der Waals surface area (Å²) < 4.78 is 5.25. The fourth-order valence-electron chi connectivity index (χ4n) is 3.00. The lowest BCUT2D eigenvalue weighted by Gasteiger charge is -2.26. The van der Waals surface area contributed by atoms with Gasteiger partial charge in [0, 0.05) is 39.2 Å². The number of nitrogens with one attached hydrogen (secondary N) is 1. The number of amides is 3. The smallest absolute Gasteiger partial charge is 0.318 e. The van der Waals surface area contributed by atoms with Crippen molar-refractivity contribution in [1.29, 1.82) is 0 Å². The SMILES string of the molecule is CN(C)C(=O)[C@@H]1CCCN1C(=O)NCCc1noc(-c2ccccc2)n1. The zero-order valence-corrected chi connectivity index (χ0v) is 15.0. The minimum atomic E-state index is -0.375. The number of hydrogen-bond acceptors (Lipinski definition) is 5. The Hall–Kier alpha value is -2.90. The molecule has 1 aliphatic rings. The van der Waals surface area contributed by atoms with E-state index in [4.69, 9.17) is 4.52 Å². The highest BCUT2D eigenvalue weighted by atomic mass is 16.5. The Morgan fingerprint density at radius 3 is 2.81 bits per heavy atom. The van der Waals surface area contributed by atoms with Gasteiger partial charge in [-0.05, 0) is 25.0 Å². The summed E-state index contributed by atoms with van der Waals surface area (Å²) >= 11 is 0. The number of rotatable bonds is 5. The number of urea groups is 1. The summed E-state index contributed by atoms with van der Waals surface area (Å²) in [5.74, 6) is 0.956. The highest BCUT2D eigenvalue weighted by molar-refractivity contribution is 5.87. The predicted octanol–water partition coefficient (Wildman–Crippen LogP) is 1.54. The summed E-state index contributed by atoms with van der Waals surface area (Å²) in [6, 6.07) is 8.92. The van der Waals surface area contributed by atoms with Crippen molar-refractivity contribution in [1.82, 2.24) is 25.3 Å². The van der Waals surface area contributed by atoms with Crippen LogP contribution >= 0.6 is 0 Å². The van der Waals surface area contributed by atoms with Crippen LogP contribution in [0.1, 0.15) is 18.7 Å². The van der Waals surface area contributed by atoms with Gasteiger partial charge in [-0.25, -0.2) is 4.79 Å². The quantitative estimate of drug-likeness (QED) is 0.876. The molecule has 2 heterocycles. The number of nitrogens with zero attached hydrogens (tertiary/aromatic N) is 4. The summed E-state index contributed by atoms with van der Waals surface area (Å²) in [6.45, 7) is 0.975. The van der Waals surface area contributed by atoms with Crippen LogP contribution in [0.5, 0.6) is 0 Å². The number of benzene rings is 1. The molecule has 2 aromatic rings. The van der Waals surface area contributed by atoms with Gasteiger partial charge in [-0.3, -0.25) is 4.79 Å². The van der Waals surface area contributed by atoms with Crippen molar-refractivity contribution < 1.29 is 14.1 Å². The van der Waals surface area contributed by atoms with Gasteiger partial charge < -0.3 is 19.6 Å². The third-order valence-electron chi connectivity index (χ3n) is 4.35. The molecule has 1 aliphatic heterocycles. The first-order valence-electron chi connectivity index (χ1n) is 8.70. The summed E-state index contributed by atoms with van der Waals surface area (Å²) in [7, 11) is 3.41. The van der Waals surface area contributed by atoms with Crippen molar-refractivity contribution in [3.8, 4) is 11.5 Å². The first-order valence-corrected chi connectivity index (χ1v) is 8.70. The standard InChI is InChI=1S/C18H23N5O3/c1-22(2)17(24)14-9-6-12-23(14)18(25)19-11-10-15-20-16(26-21-15)13-7-4-3-5-8-13/h3-5,7-8,14H,6,9-12H2,1-2H3,(H,19,25)/t14-/m0/s1. The number of aromatic nitrogens is 2. The minimum absolute atomic E-state index is 0.0386. The molecule has 1 N–H and O–H groups in total. The zero-order valence-electron chi connectivity index (χ0n) is 15.0. The Kier molecular flexibility index (Phi) is 5.50. The van der Waals surface area contributed by atoms with E-state index in [1.54, 1.807) is 19.0 Å². The highest BCUT2D eigenvalue weighted by Crippen LogP contribution is 2.19. The second kappa shape index (κ2) is 7.99. The van der Waals surface area contributed by atoms with Crippen molar-refractivity contribution in [2.45, 2.75) is 25.3 Å². The monoisotopic (exact) mass is 357 g/mol. The Labute approximate surface area is 152 Å². The van der Waals surface area contributed by atoms with Crippen LogP contribution in [-0.4, -0.2) is 65.1 Å². The summed E-state index contributed by atoms with van der Waals surface area (Å²) in [6.07, 6.45) is 2.00. The molecule has 26 heavy (non-hydrogen) atoms. The van der Waals surface area contributed by atoms with E-state index < -0.39 is 0 Å². The first kappa shape index (κ1) is 17.9. The molecule has 0 bridgehead atoms. The van der Waals surface area contributed by atoms with Gasteiger partial charge in [-0.1, -0.05) is 23.4 Å². The van der Waals surface area contributed by atoms with Gasteiger partial charge >= 0.3 is 6.03 Å². The topological polar surface area (TPSA) is 91.6 Å². The number of likely N-dealkylation sites (tertiary alicyclic amines) is 1. The lowest BCUT2D eigenvalue weighted by Crippen LogP contribution is -2.49. The van der Waals surface area contributed by atoms with Gasteiger partial charge in [-0.2, -0.15) is 4.98 Å². The van der Waals surface area contributed by atoms with E-state index in [1.807, 2.05) is 30.3 Å². The lowest BCUT2D eigenvalue weighted by molar-refractivity contribution is -0.132. The molecule has 3 amide bonds. The second-order valence-corrected chi connectivity index (χ2v) is 6.45. The Morgan fingerprint density at radius 2 is 2.08 bits per heavy atom. The molecule has 0 aliphatic carbocycles. The van der Waals surface area contributed by atoms with E-state index in [0.717, 1.165) is 12.0 Å². The largest absolute Gasteiger partial charge is 0.347 e. The van der Waals surface area contributed by atoms with Crippen molar-refractivity contribution in [3.63, 3.8) is 0 Å². The van der Waals surface area contributed by atoms with Crippen LogP contribution in [0.3, 0.4) is 0 Å². The van der Waals surface area contributed by atoms with E-state index in [-0.39, 0.29) is 18.0 Å². The molecule has 0 saturated carbocycles.